The van der Waals surface area contributed by atoms with Gasteiger partial charge in [0, 0.05) is 67.1 Å². The third-order valence-corrected chi connectivity index (χ3v) is 12.2. The molecule has 8 rings (SSSR count). The second-order valence-corrected chi connectivity index (χ2v) is 20.1. The second kappa shape index (κ2) is 43.0. The average Bonchev–Trinajstić information content (AvgIpc) is 3.75. The molecule has 0 bridgehead atoms. The molecule has 2 N–H and O–H groups in total. The maximum absolute atomic E-state index is 11.3. The van der Waals surface area contributed by atoms with Crippen molar-refractivity contribution >= 4 is 101 Å². The van der Waals surface area contributed by atoms with Crippen LogP contribution in [-0.4, -0.2) is 83.6 Å². The Balaban J connectivity index is 0.000000355. The van der Waals surface area contributed by atoms with E-state index in [2.05, 4.69) is 10.6 Å². The number of allylic oxidation sites excluding steroid dienone is 3. The summed E-state index contributed by atoms with van der Waals surface area (Å²) in [6.45, 7) is 12.5. The van der Waals surface area contributed by atoms with Gasteiger partial charge in [0.15, 0.2) is 5.78 Å². The number of methoxy groups -OCH3 is 2. The van der Waals surface area contributed by atoms with Gasteiger partial charge in [0.05, 0.1) is 14.2 Å². The van der Waals surface area contributed by atoms with Crippen LogP contribution in [0.15, 0.2) is 200 Å². The SMILES string of the molecule is CC(=O)Nc1ccc(CCC=O)cc1.CC(=O)c1ccc(C)cc1.CC(C)C(=O)Nc1ccc(C=O)cc1.CN(C)c1ccc(/C=C/C=O)cc1.COc1ccc(/C=C(\C)C=O)cc1.COc1ccc2cc(C=O)ccc2c1.Cc1ccc(/C=C/C=O)cc1. The normalized spacial score (nSPS) is 10.1. The lowest BCUT2D eigenvalue weighted by molar-refractivity contribution is -0.119. The molecule has 0 radical (unpaired) electrons. The molecule has 8 aromatic carbocycles. The number of fused-ring (bicyclic) bond motifs is 1. The summed E-state index contributed by atoms with van der Waals surface area (Å²) in [5.41, 5.74) is 12.1. The van der Waals surface area contributed by atoms with E-state index in [0.29, 0.717) is 28.8 Å². The zero-order valence-corrected chi connectivity index (χ0v) is 52.6. The summed E-state index contributed by atoms with van der Waals surface area (Å²) in [6.07, 6.45) is 14.6. The van der Waals surface area contributed by atoms with Crippen molar-refractivity contribution in [2.24, 2.45) is 5.92 Å². The summed E-state index contributed by atoms with van der Waals surface area (Å²) in [4.78, 5) is 96.2. The number of amides is 2. The molecule has 462 valence electrons. The highest BCUT2D eigenvalue weighted by Crippen LogP contribution is 2.22. The Morgan fingerprint density at radius 1 is 0.506 bits per heavy atom. The molecule has 14 nitrogen and oxygen atoms in total. The molecule has 8 aromatic rings. The van der Waals surface area contributed by atoms with Gasteiger partial charge in [-0.2, -0.15) is 0 Å². The minimum atomic E-state index is -0.0781. The summed E-state index contributed by atoms with van der Waals surface area (Å²) in [7, 11) is 7.26. The summed E-state index contributed by atoms with van der Waals surface area (Å²) in [5, 5.41) is 7.55. The minimum absolute atomic E-state index is 0.0242. The molecule has 0 aromatic heterocycles. The number of aldehydes is 6. The molecular formula is C75H81N3O11. The van der Waals surface area contributed by atoms with E-state index in [1.807, 2.05) is 204 Å². The predicted molar refractivity (Wildman–Crippen MR) is 362 cm³/mol. The van der Waals surface area contributed by atoms with Crippen molar-refractivity contribution in [3.63, 3.8) is 0 Å². The zero-order chi connectivity index (χ0) is 65.9. The molecule has 14 heteroatoms. The van der Waals surface area contributed by atoms with Gasteiger partial charge in [-0.3, -0.25) is 38.4 Å². The number of hydrogen-bond acceptors (Lipinski definition) is 12. The third kappa shape index (κ3) is 31.8. The van der Waals surface area contributed by atoms with Crippen molar-refractivity contribution in [2.75, 3.05) is 43.8 Å². The van der Waals surface area contributed by atoms with Gasteiger partial charge < -0.3 is 29.8 Å². The molecule has 0 aliphatic carbocycles. The first-order valence-electron chi connectivity index (χ1n) is 28.3. The van der Waals surface area contributed by atoms with Crippen LogP contribution in [-0.2, 0) is 35.2 Å². The molecule has 0 unspecified atom stereocenters. The zero-order valence-electron chi connectivity index (χ0n) is 52.6. The molecule has 0 atom stereocenters. The summed E-state index contributed by atoms with van der Waals surface area (Å²) in [5.74, 6) is 1.63. The Morgan fingerprint density at radius 2 is 0.955 bits per heavy atom. The van der Waals surface area contributed by atoms with Gasteiger partial charge in [0.25, 0.3) is 0 Å². The third-order valence-electron chi connectivity index (χ3n) is 12.2. The highest BCUT2D eigenvalue weighted by molar-refractivity contribution is 5.94. The number of hydrogen-bond donors (Lipinski definition) is 2. The Kier molecular flexibility index (Phi) is 35.9. The fourth-order valence-corrected chi connectivity index (χ4v) is 7.21. The van der Waals surface area contributed by atoms with Crippen molar-refractivity contribution < 1.29 is 52.6 Å². The maximum Gasteiger partial charge on any atom is 0.226 e. The van der Waals surface area contributed by atoms with Gasteiger partial charge in [-0.1, -0.05) is 140 Å². The van der Waals surface area contributed by atoms with Crippen LogP contribution in [0.3, 0.4) is 0 Å². The van der Waals surface area contributed by atoms with Crippen LogP contribution in [0, 0.1) is 19.8 Å². The number of nitrogens with one attached hydrogen (secondary N) is 2. The number of carbonyl (C=O) groups excluding carboxylic acids is 9. The van der Waals surface area contributed by atoms with Gasteiger partial charge in [0.2, 0.25) is 11.8 Å². The lowest BCUT2D eigenvalue weighted by Crippen LogP contribution is -2.17. The van der Waals surface area contributed by atoms with Crippen molar-refractivity contribution in [1.29, 1.82) is 0 Å². The molecule has 0 saturated heterocycles. The van der Waals surface area contributed by atoms with Gasteiger partial charge in [0.1, 0.15) is 49.2 Å². The Labute approximate surface area is 524 Å². The smallest absolute Gasteiger partial charge is 0.226 e. The number of anilines is 3. The van der Waals surface area contributed by atoms with E-state index < -0.39 is 0 Å². The second-order valence-electron chi connectivity index (χ2n) is 20.1. The minimum Gasteiger partial charge on any atom is -0.497 e. The molecule has 2 amide bonds. The number of Topliss-reactive ketones (excluding diaryl/α,β-unsaturated/α-hetero) is 1. The van der Waals surface area contributed by atoms with Crippen molar-refractivity contribution in [1.82, 2.24) is 0 Å². The molecule has 0 saturated carbocycles. The summed E-state index contributed by atoms with van der Waals surface area (Å²) in [6, 6.07) is 56.7. The Bertz CT molecular complexity index is 3550. The van der Waals surface area contributed by atoms with Crippen LogP contribution in [0.5, 0.6) is 11.5 Å². The number of nitrogens with zero attached hydrogens (tertiary/aromatic N) is 1. The monoisotopic (exact) mass is 1200 g/mol. The quantitative estimate of drug-likeness (QED) is 0.0469. The molecule has 89 heavy (non-hydrogen) atoms. The highest BCUT2D eigenvalue weighted by Gasteiger charge is 2.07. The standard InChI is InChI=1S/C12H10O2.2C11H13NO2.C11H13NO.C11H12O2.C10H10O.C9H10O/c1-14-12-5-4-10-6-9(8-13)2-3-11(10)7-12;1-8(2)11(14)12-10-5-3-9(7-13)4-6-10;1-9(14)12-11-6-4-10(5-7-11)3-2-8-13;1-12(2)11-7-5-10(6-8-11)4-3-9-13;1-9(8-12)7-10-3-5-11(13-2)6-4-10;1-9-4-6-10(7-5-9)3-2-8-11;1-7-3-5-9(6-4-7)8(2)10/h2-8H,1H3;3-8H,1-2H3,(H,12,14);4-8H,2-3H2,1H3,(H,12,14);3-9H,1-2H3;3-8H,1-2H3;2-8H,1H3;3-6H,1-2H3/b;;;4-3+;9-7+;3-2+;. The van der Waals surface area contributed by atoms with Crippen LogP contribution in [0.1, 0.15) is 105 Å². The first-order valence-corrected chi connectivity index (χ1v) is 28.3. The Hall–Kier alpha value is -10.7. The van der Waals surface area contributed by atoms with Crippen molar-refractivity contribution in [3.05, 3.63) is 250 Å². The highest BCUT2D eigenvalue weighted by atomic mass is 16.5. The molecule has 0 fully saturated rings. The molecule has 0 heterocycles. The van der Waals surface area contributed by atoms with E-state index in [1.165, 1.54) is 30.2 Å². The molecular weight excluding hydrogens is 1120 g/mol. The fourth-order valence-electron chi connectivity index (χ4n) is 7.21. The number of aryl methyl sites for hydroxylation is 3. The number of ether oxygens (including phenoxy) is 2. The first-order chi connectivity index (χ1) is 42.7. The number of carbonyl (C=O) groups is 9. The topological polar surface area (TPSA) is 199 Å². The van der Waals surface area contributed by atoms with Crippen LogP contribution in [0.25, 0.3) is 29.0 Å². The van der Waals surface area contributed by atoms with Gasteiger partial charge in [-0.05, 0) is 170 Å². The van der Waals surface area contributed by atoms with Crippen molar-refractivity contribution in [2.45, 2.75) is 61.3 Å². The van der Waals surface area contributed by atoms with Crippen LogP contribution < -0.4 is 25.0 Å². The number of rotatable bonds is 18. The van der Waals surface area contributed by atoms with E-state index in [0.717, 1.165) is 106 Å². The summed E-state index contributed by atoms with van der Waals surface area (Å²) < 4.78 is 10.1. The lowest BCUT2D eigenvalue weighted by Gasteiger charge is -2.11. The lowest BCUT2D eigenvalue weighted by atomic mass is 10.1. The van der Waals surface area contributed by atoms with Crippen LogP contribution >= 0.6 is 0 Å². The Morgan fingerprint density at radius 3 is 1.42 bits per heavy atom. The predicted octanol–water partition coefficient (Wildman–Crippen LogP) is 15.2. The molecule has 0 spiro atoms. The van der Waals surface area contributed by atoms with Gasteiger partial charge >= 0.3 is 0 Å². The maximum atomic E-state index is 11.3. The van der Waals surface area contributed by atoms with Crippen LogP contribution in [0.4, 0.5) is 17.1 Å². The molecule has 0 aliphatic heterocycles. The van der Waals surface area contributed by atoms with E-state index in [9.17, 15) is 43.2 Å². The number of benzene rings is 8. The van der Waals surface area contributed by atoms with Gasteiger partial charge in [-0.15, -0.1) is 0 Å². The van der Waals surface area contributed by atoms with E-state index in [1.54, 1.807) is 70.6 Å². The van der Waals surface area contributed by atoms with E-state index in [4.69, 9.17) is 9.47 Å². The first kappa shape index (κ1) is 74.4. The van der Waals surface area contributed by atoms with E-state index >= 15 is 0 Å². The largest absolute Gasteiger partial charge is 0.497 e. The fraction of sp³-hybridized carbons (Fsp3) is 0.187. The molecule has 0 aliphatic rings. The summed E-state index contributed by atoms with van der Waals surface area (Å²) >= 11 is 0. The average molecular weight is 1200 g/mol. The number of ketones is 1. The van der Waals surface area contributed by atoms with Gasteiger partial charge in [-0.25, -0.2) is 0 Å². The van der Waals surface area contributed by atoms with E-state index in [-0.39, 0.29) is 23.5 Å². The van der Waals surface area contributed by atoms with Crippen molar-refractivity contribution in [3.8, 4) is 11.5 Å². The van der Waals surface area contributed by atoms with Crippen LogP contribution in [0.2, 0.25) is 0 Å².